The molecular weight excluding hydrogens is 318 g/mol. The van der Waals surface area contributed by atoms with Crippen LogP contribution in [0.25, 0.3) is 0 Å². The average Bonchev–Trinajstić information content (AvgIpc) is 2.60. The van der Waals surface area contributed by atoms with Crippen molar-refractivity contribution in [3.05, 3.63) is 46.8 Å². The van der Waals surface area contributed by atoms with Crippen molar-refractivity contribution in [3.63, 3.8) is 0 Å². The smallest absolute Gasteiger partial charge is 0.274 e. The number of amides is 1. The zero-order valence-electron chi connectivity index (χ0n) is 14.6. The monoisotopic (exact) mass is 341 g/mol. The highest BCUT2D eigenvalue weighted by Crippen LogP contribution is 2.23. The maximum atomic E-state index is 12.8. The lowest BCUT2D eigenvalue weighted by atomic mass is 9.87. The quantitative estimate of drug-likeness (QED) is 0.875. The Morgan fingerprint density at radius 1 is 1.20 bits per heavy atom. The average molecular weight is 341 g/mol. The van der Waals surface area contributed by atoms with Gasteiger partial charge in [-0.15, -0.1) is 0 Å². The summed E-state index contributed by atoms with van der Waals surface area (Å²) in [7, 11) is 0. The summed E-state index contributed by atoms with van der Waals surface area (Å²) in [5, 5.41) is 5.95. The summed E-state index contributed by atoms with van der Waals surface area (Å²) in [5.74, 6) is 0.333. The van der Waals surface area contributed by atoms with Crippen LogP contribution in [-0.4, -0.2) is 27.0 Å². The molecule has 2 N–H and O–H groups in total. The van der Waals surface area contributed by atoms with Crippen LogP contribution in [0.5, 0.6) is 0 Å². The maximum absolute atomic E-state index is 12.8. The molecule has 2 aromatic rings. The fraction of sp³-hybridized carbons (Fsp3) is 0.444. The Labute approximate surface area is 146 Å². The molecule has 132 valence electrons. The van der Waals surface area contributed by atoms with Gasteiger partial charge in [0.1, 0.15) is 23.5 Å². The van der Waals surface area contributed by atoms with Gasteiger partial charge in [0, 0.05) is 19.3 Å². The number of pyridine rings is 1. The molecule has 7 heteroatoms. The van der Waals surface area contributed by atoms with Gasteiger partial charge in [0.2, 0.25) is 0 Å². The van der Waals surface area contributed by atoms with E-state index in [0.717, 1.165) is 19.3 Å². The fourth-order valence-electron chi connectivity index (χ4n) is 2.97. The van der Waals surface area contributed by atoms with Crippen LogP contribution < -0.4 is 16.2 Å². The molecule has 0 spiro atoms. The van der Waals surface area contributed by atoms with Crippen molar-refractivity contribution in [3.8, 4) is 0 Å². The number of carbonyl (C=O) groups excluding carboxylic acids is 1. The minimum atomic E-state index is -0.217. The van der Waals surface area contributed by atoms with E-state index >= 15 is 0 Å². The van der Waals surface area contributed by atoms with Crippen LogP contribution in [0, 0.1) is 5.41 Å². The summed E-state index contributed by atoms with van der Waals surface area (Å²) >= 11 is 0. The van der Waals surface area contributed by atoms with E-state index in [0.29, 0.717) is 30.3 Å². The van der Waals surface area contributed by atoms with Crippen LogP contribution in [0.1, 0.15) is 43.6 Å². The predicted molar refractivity (Wildman–Crippen MR) is 96.0 cm³/mol. The summed E-state index contributed by atoms with van der Waals surface area (Å²) in [5.41, 5.74) is 0.641. The molecule has 3 heterocycles. The van der Waals surface area contributed by atoms with Crippen LogP contribution in [0.4, 0.5) is 11.5 Å². The zero-order chi connectivity index (χ0) is 17.9. The molecule has 1 aliphatic rings. The summed E-state index contributed by atoms with van der Waals surface area (Å²) < 4.78 is 1.55. The number of rotatable bonds is 2. The van der Waals surface area contributed by atoms with E-state index in [-0.39, 0.29) is 16.9 Å². The third-order valence-electron chi connectivity index (χ3n) is 4.46. The second-order valence-corrected chi connectivity index (χ2v) is 7.11. The molecular formula is C18H23N5O2. The third-order valence-corrected chi connectivity index (χ3v) is 4.46. The molecule has 25 heavy (non-hydrogen) atoms. The Hall–Kier alpha value is -2.70. The van der Waals surface area contributed by atoms with Gasteiger partial charge in [0.25, 0.3) is 11.5 Å². The van der Waals surface area contributed by atoms with Crippen molar-refractivity contribution in [2.45, 2.75) is 39.7 Å². The lowest BCUT2D eigenvalue weighted by molar-refractivity contribution is 0.0919. The van der Waals surface area contributed by atoms with Gasteiger partial charge < -0.3 is 15.2 Å². The molecule has 1 aliphatic heterocycles. The number of nitrogens with zero attached hydrogens (tertiary/aromatic N) is 3. The highest BCUT2D eigenvalue weighted by atomic mass is 16.2. The molecule has 7 nitrogen and oxygen atoms in total. The summed E-state index contributed by atoms with van der Waals surface area (Å²) in [4.78, 5) is 33.3. The highest BCUT2D eigenvalue weighted by Gasteiger charge is 2.22. The number of carbonyl (C=O) groups is 1. The van der Waals surface area contributed by atoms with Gasteiger partial charge in [-0.2, -0.15) is 0 Å². The van der Waals surface area contributed by atoms with Crippen LogP contribution in [0.2, 0.25) is 0 Å². The molecule has 0 atom stereocenters. The van der Waals surface area contributed by atoms with E-state index in [4.69, 9.17) is 0 Å². The van der Waals surface area contributed by atoms with E-state index in [9.17, 15) is 9.59 Å². The number of anilines is 2. The fourth-order valence-corrected chi connectivity index (χ4v) is 2.97. The number of hydrogen-bond donors (Lipinski definition) is 2. The number of aromatic nitrogens is 3. The molecule has 0 unspecified atom stereocenters. The van der Waals surface area contributed by atoms with Crippen LogP contribution in [-0.2, 0) is 6.54 Å². The lowest BCUT2D eigenvalue weighted by Crippen LogP contribution is -2.38. The van der Waals surface area contributed by atoms with Crippen molar-refractivity contribution in [2.75, 3.05) is 11.9 Å². The normalized spacial score (nSPS) is 17.3. The predicted octanol–water partition coefficient (Wildman–Crippen LogP) is 2.32. The van der Waals surface area contributed by atoms with Crippen molar-refractivity contribution < 1.29 is 4.79 Å². The van der Waals surface area contributed by atoms with Gasteiger partial charge in [0.15, 0.2) is 0 Å². The molecule has 2 aromatic heterocycles. The third kappa shape index (κ3) is 4.04. The minimum Gasteiger partial charge on any atom is -0.350 e. The van der Waals surface area contributed by atoms with Crippen LogP contribution in [0.3, 0.4) is 0 Å². The highest BCUT2D eigenvalue weighted by molar-refractivity contribution is 5.92. The first kappa shape index (κ1) is 17.1. The lowest BCUT2D eigenvalue weighted by Gasteiger charge is -2.27. The molecule has 0 aromatic carbocycles. The van der Waals surface area contributed by atoms with E-state index < -0.39 is 0 Å². The Morgan fingerprint density at radius 3 is 2.80 bits per heavy atom. The van der Waals surface area contributed by atoms with E-state index in [2.05, 4.69) is 34.4 Å². The van der Waals surface area contributed by atoms with Gasteiger partial charge in [-0.05, 0) is 36.5 Å². The first-order chi connectivity index (χ1) is 12.0. The van der Waals surface area contributed by atoms with E-state index in [1.807, 2.05) is 0 Å². The van der Waals surface area contributed by atoms with Gasteiger partial charge in [-0.3, -0.25) is 9.59 Å². The van der Waals surface area contributed by atoms with Crippen LogP contribution >= 0.6 is 0 Å². The molecule has 0 aliphatic carbocycles. The number of fused-ring (bicyclic) bond motifs is 1. The van der Waals surface area contributed by atoms with Crippen molar-refractivity contribution >= 4 is 17.4 Å². The molecule has 0 radical (unpaired) electrons. The SMILES string of the molecule is CC1(C)CCCCn2c(ccc(Nc3ccncn3)c2=O)C(=O)NC1. The minimum absolute atomic E-state index is 0.0621. The zero-order valence-corrected chi connectivity index (χ0v) is 14.6. The number of hydrogen-bond acceptors (Lipinski definition) is 5. The van der Waals surface area contributed by atoms with Gasteiger partial charge in [0.05, 0.1) is 0 Å². The first-order valence-electron chi connectivity index (χ1n) is 8.51. The molecule has 0 fully saturated rings. The Kier molecular flexibility index (Phi) is 4.83. The molecule has 0 saturated carbocycles. The Balaban J connectivity index is 1.93. The topological polar surface area (TPSA) is 88.9 Å². The number of nitrogens with one attached hydrogen (secondary N) is 2. The van der Waals surface area contributed by atoms with Crippen molar-refractivity contribution in [1.82, 2.24) is 19.9 Å². The Bertz CT molecular complexity index is 814. The van der Waals surface area contributed by atoms with E-state index in [1.165, 1.54) is 6.33 Å². The second-order valence-electron chi connectivity index (χ2n) is 7.11. The standard InChI is InChI=1S/C18H23N5O2/c1-18(2)8-3-4-10-23-14(16(24)20-11-18)6-5-13(17(23)25)22-15-7-9-19-12-21-15/h5-7,9,12H,3-4,8,10-11H2,1-2H3,(H,20,24)(H,19,21,22). The molecule has 1 amide bonds. The molecule has 0 saturated heterocycles. The molecule has 0 bridgehead atoms. The van der Waals surface area contributed by atoms with Crippen molar-refractivity contribution in [2.24, 2.45) is 5.41 Å². The summed E-state index contributed by atoms with van der Waals surface area (Å²) in [6.45, 7) is 5.42. The summed E-state index contributed by atoms with van der Waals surface area (Å²) in [6, 6.07) is 5.01. The van der Waals surface area contributed by atoms with Gasteiger partial charge >= 0.3 is 0 Å². The Morgan fingerprint density at radius 2 is 2.04 bits per heavy atom. The summed E-state index contributed by atoms with van der Waals surface area (Å²) in [6.07, 6.45) is 5.90. The van der Waals surface area contributed by atoms with Gasteiger partial charge in [-0.1, -0.05) is 20.3 Å². The molecule has 3 rings (SSSR count). The largest absolute Gasteiger partial charge is 0.350 e. The second kappa shape index (κ2) is 7.04. The van der Waals surface area contributed by atoms with Crippen LogP contribution in [0.15, 0.2) is 35.5 Å². The van der Waals surface area contributed by atoms with Crippen molar-refractivity contribution in [1.29, 1.82) is 0 Å². The first-order valence-corrected chi connectivity index (χ1v) is 8.51. The maximum Gasteiger partial charge on any atom is 0.274 e. The van der Waals surface area contributed by atoms with Gasteiger partial charge in [-0.25, -0.2) is 9.97 Å². The van der Waals surface area contributed by atoms with E-state index in [1.54, 1.807) is 29.0 Å².